The maximum Gasteiger partial charge on any atom is 0.459 e. The lowest BCUT2D eigenvalue weighted by Crippen LogP contribution is -2.16. The smallest absolute Gasteiger partial charge is 0.294 e. The minimum absolute atomic E-state index is 0.643. The molecule has 0 bridgehead atoms. The Labute approximate surface area is 79.1 Å². The Morgan fingerprint density at radius 3 is 2.29 bits per heavy atom. The molecule has 14 heavy (non-hydrogen) atoms. The summed E-state index contributed by atoms with van der Waals surface area (Å²) in [6.45, 7) is 0. The second-order valence-corrected chi connectivity index (χ2v) is 2.36. The molecule has 1 rings (SSSR count). The highest BCUT2D eigenvalue weighted by Crippen LogP contribution is 2.11. The molecule has 0 aromatic heterocycles. The Balaban J connectivity index is 2.39. The fourth-order valence-corrected chi connectivity index (χ4v) is 0.727. The normalized spacial score (nSPS) is 9.93. The molecule has 0 aliphatic carbocycles. The Bertz CT molecular complexity index is 335. The standard InChI is InChI=1S/C9H7F3N2/c10-9(11,12)6-7-13-14-8-4-2-1-3-5-8/h1-5,13-14H. The molecule has 0 aliphatic heterocycles. The van der Waals surface area contributed by atoms with Gasteiger partial charge in [0.2, 0.25) is 0 Å². The van der Waals surface area contributed by atoms with Gasteiger partial charge in [-0.05, 0) is 12.1 Å². The van der Waals surface area contributed by atoms with E-state index in [9.17, 15) is 13.2 Å². The summed E-state index contributed by atoms with van der Waals surface area (Å²) in [5.41, 5.74) is 5.26. The van der Waals surface area contributed by atoms with Crippen LogP contribution in [0.25, 0.3) is 0 Å². The predicted octanol–water partition coefficient (Wildman–Crippen LogP) is 2.13. The molecule has 0 radical (unpaired) electrons. The van der Waals surface area contributed by atoms with Gasteiger partial charge in [-0.25, -0.2) is 0 Å². The van der Waals surface area contributed by atoms with E-state index < -0.39 is 6.18 Å². The van der Waals surface area contributed by atoms with Gasteiger partial charge in [-0.15, -0.1) is 0 Å². The first-order chi connectivity index (χ1) is 6.58. The molecule has 0 spiro atoms. The van der Waals surface area contributed by atoms with Gasteiger partial charge in [0.05, 0.1) is 5.69 Å². The second-order valence-electron chi connectivity index (χ2n) is 2.36. The molecule has 0 amide bonds. The first-order valence-electron chi connectivity index (χ1n) is 3.73. The first kappa shape index (κ1) is 10.3. The topological polar surface area (TPSA) is 24.1 Å². The molecule has 0 atom stereocenters. The summed E-state index contributed by atoms with van der Waals surface area (Å²) in [6, 6.07) is 10.4. The molecule has 0 unspecified atom stereocenters. The fraction of sp³-hybridized carbons (Fsp3) is 0.111. The van der Waals surface area contributed by atoms with Gasteiger partial charge in [-0.1, -0.05) is 18.2 Å². The van der Waals surface area contributed by atoms with Gasteiger partial charge in [-0.2, -0.15) is 13.2 Å². The number of benzene rings is 1. The molecule has 0 fully saturated rings. The molecule has 2 nitrogen and oxygen atoms in total. The molecule has 1 aromatic rings. The number of hydrogen-bond donors (Lipinski definition) is 2. The average Bonchev–Trinajstić information content (AvgIpc) is 2.13. The number of hydrazine groups is 1. The van der Waals surface area contributed by atoms with Gasteiger partial charge in [0, 0.05) is 12.0 Å². The van der Waals surface area contributed by atoms with Crippen molar-refractivity contribution in [1.82, 2.24) is 5.43 Å². The summed E-state index contributed by atoms with van der Waals surface area (Å²) in [6.07, 6.45) is -4.47. The number of halogens is 3. The second kappa shape index (κ2) is 4.42. The van der Waals surface area contributed by atoms with E-state index in [1.165, 1.54) is 0 Å². The lowest BCUT2D eigenvalue weighted by atomic mass is 10.3. The van der Waals surface area contributed by atoms with Crippen molar-refractivity contribution in [3.63, 3.8) is 0 Å². The van der Waals surface area contributed by atoms with Crippen molar-refractivity contribution in [1.29, 1.82) is 0 Å². The maximum atomic E-state index is 11.5. The third-order valence-electron chi connectivity index (χ3n) is 1.25. The van der Waals surface area contributed by atoms with Gasteiger partial charge in [-0.3, -0.25) is 10.9 Å². The summed E-state index contributed by atoms with van der Waals surface area (Å²) in [5.74, 6) is 1.07. The van der Waals surface area contributed by atoms with Crippen molar-refractivity contribution in [2.24, 2.45) is 0 Å². The van der Waals surface area contributed by atoms with Gasteiger partial charge in [0.1, 0.15) is 0 Å². The van der Waals surface area contributed by atoms with Gasteiger partial charge in [0.15, 0.2) is 0 Å². The van der Waals surface area contributed by atoms with E-state index in [4.69, 9.17) is 0 Å². The van der Waals surface area contributed by atoms with Crippen LogP contribution in [0.15, 0.2) is 30.3 Å². The number of rotatable bonds is 2. The average molecular weight is 200 g/mol. The fourth-order valence-electron chi connectivity index (χ4n) is 0.727. The molecule has 0 saturated carbocycles. The molecule has 0 saturated heterocycles. The van der Waals surface area contributed by atoms with Gasteiger partial charge >= 0.3 is 6.18 Å². The molecular formula is C9H7F3N2. The first-order valence-corrected chi connectivity index (χ1v) is 3.73. The van der Waals surface area contributed by atoms with Crippen LogP contribution in [-0.4, -0.2) is 6.18 Å². The van der Waals surface area contributed by atoms with Crippen LogP contribution in [0.4, 0.5) is 18.9 Å². The Morgan fingerprint density at radius 2 is 1.71 bits per heavy atom. The molecule has 5 heteroatoms. The monoisotopic (exact) mass is 200 g/mol. The van der Waals surface area contributed by atoms with Crippen LogP contribution in [0.3, 0.4) is 0 Å². The van der Waals surface area contributed by atoms with E-state index in [2.05, 4.69) is 10.9 Å². The maximum absolute atomic E-state index is 11.5. The predicted molar refractivity (Wildman–Crippen MR) is 47.0 cm³/mol. The molecule has 74 valence electrons. The molecule has 1 aromatic carbocycles. The molecular weight excluding hydrogens is 193 g/mol. The third-order valence-corrected chi connectivity index (χ3v) is 1.25. The van der Waals surface area contributed by atoms with Crippen LogP contribution in [0, 0.1) is 12.0 Å². The van der Waals surface area contributed by atoms with E-state index in [0.717, 1.165) is 5.92 Å². The quantitative estimate of drug-likeness (QED) is 0.434. The highest BCUT2D eigenvalue weighted by atomic mass is 19.4. The van der Waals surface area contributed by atoms with Crippen molar-refractivity contribution in [2.75, 3.05) is 5.43 Å². The van der Waals surface area contributed by atoms with Crippen LogP contribution in [-0.2, 0) is 0 Å². The number of alkyl halides is 3. The van der Waals surface area contributed by atoms with Crippen molar-refractivity contribution < 1.29 is 13.2 Å². The zero-order valence-electron chi connectivity index (χ0n) is 7.02. The van der Waals surface area contributed by atoms with E-state index >= 15 is 0 Å². The van der Waals surface area contributed by atoms with E-state index in [-0.39, 0.29) is 0 Å². The molecule has 0 heterocycles. The SMILES string of the molecule is FC(F)(F)C#CNNc1ccccc1. The third kappa shape index (κ3) is 4.26. The lowest BCUT2D eigenvalue weighted by Gasteiger charge is -2.02. The lowest BCUT2D eigenvalue weighted by molar-refractivity contribution is -0.0697. The van der Waals surface area contributed by atoms with E-state index in [0.29, 0.717) is 5.69 Å². The molecule has 0 aliphatic rings. The van der Waals surface area contributed by atoms with E-state index in [1.807, 2.05) is 0 Å². The summed E-state index contributed by atoms with van der Waals surface area (Å²) < 4.78 is 34.6. The summed E-state index contributed by atoms with van der Waals surface area (Å²) in [4.78, 5) is 0. The minimum Gasteiger partial charge on any atom is -0.294 e. The largest absolute Gasteiger partial charge is 0.459 e. The zero-order valence-corrected chi connectivity index (χ0v) is 7.02. The Morgan fingerprint density at radius 1 is 1.07 bits per heavy atom. The van der Waals surface area contributed by atoms with Gasteiger partial charge < -0.3 is 0 Å². The number of para-hydroxylation sites is 1. The van der Waals surface area contributed by atoms with Crippen LogP contribution in [0.1, 0.15) is 0 Å². The van der Waals surface area contributed by atoms with Crippen LogP contribution in [0.5, 0.6) is 0 Å². The van der Waals surface area contributed by atoms with Crippen molar-refractivity contribution in [3.8, 4) is 12.0 Å². The summed E-state index contributed by atoms with van der Waals surface area (Å²) in [7, 11) is 0. The summed E-state index contributed by atoms with van der Waals surface area (Å²) >= 11 is 0. The number of hydrogen-bond acceptors (Lipinski definition) is 2. The van der Waals surface area contributed by atoms with Gasteiger partial charge in [0.25, 0.3) is 0 Å². The Kier molecular flexibility index (Phi) is 3.24. The van der Waals surface area contributed by atoms with Crippen molar-refractivity contribution >= 4 is 5.69 Å². The zero-order chi connectivity index (χ0) is 10.4. The molecule has 2 N–H and O–H groups in total. The van der Waals surface area contributed by atoms with Crippen LogP contribution < -0.4 is 10.9 Å². The highest BCUT2D eigenvalue weighted by Gasteiger charge is 2.22. The minimum atomic E-state index is -4.47. The Hall–Kier alpha value is -1.83. The number of anilines is 1. The highest BCUT2D eigenvalue weighted by molar-refractivity contribution is 5.41. The van der Waals surface area contributed by atoms with Crippen LogP contribution in [0.2, 0.25) is 0 Å². The van der Waals surface area contributed by atoms with Crippen LogP contribution >= 0.6 is 0 Å². The number of nitrogens with one attached hydrogen (secondary N) is 2. The van der Waals surface area contributed by atoms with Crippen molar-refractivity contribution in [3.05, 3.63) is 30.3 Å². The van der Waals surface area contributed by atoms with Crippen molar-refractivity contribution in [2.45, 2.75) is 6.18 Å². The van der Waals surface area contributed by atoms with E-state index in [1.54, 1.807) is 36.4 Å². The summed E-state index contributed by atoms with van der Waals surface area (Å²) in [5, 5.41) is 0.